The van der Waals surface area contributed by atoms with Crippen molar-refractivity contribution >= 4 is 5.91 Å². The molecular weight excluding hydrogens is 209 g/mol. The van der Waals surface area contributed by atoms with E-state index in [0.29, 0.717) is 13.1 Å². The SMILES string of the molecule is C=CC1CN(C)CC1NC(=O)C(F)(F)F. The van der Waals surface area contributed by atoms with Crippen molar-refractivity contribution in [1.82, 2.24) is 10.2 Å². The molecule has 6 heteroatoms. The maximum atomic E-state index is 12.0. The van der Waals surface area contributed by atoms with Crippen LogP contribution >= 0.6 is 0 Å². The first-order chi connectivity index (χ1) is 6.84. The number of nitrogens with zero attached hydrogens (tertiary/aromatic N) is 1. The van der Waals surface area contributed by atoms with Crippen molar-refractivity contribution in [2.45, 2.75) is 12.2 Å². The minimum Gasteiger partial charge on any atom is -0.344 e. The van der Waals surface area contributed by atoms with E-state index in [1.54, 1.807) is 13.1 Å². The highest BCUT2D eigenvalue weighted by Gasteiger charge is 2.41. The van der Waals surface area contributed by atoms with Gasteiger partial charge in [-0.1, -0.05) is 6.08 Å². The van der Waals surface area contributed by atoms with Crippen LogP contribution in [0.2, 0.25) is 0 Å². The number of carbonyl (C=O) groups excluding carboxylic acids is 1. The van der Waals surface area contributed by atoms with Crippen molar-refractivity contribution in [1.29, 1.82) is 0 Å². The topological polar surface area (TPSA) is 32.3 Å². The summed E-state index contributed by atoms with van der Waals surface area (Å²) in [7, 11) is 1.79. The second-order valence-corrected chi connectivity index (χ2v) is 3.70. The van der Waals surface area contributed by atoms with Gasteiger partial charge in [0.1, 0.15) is 0 Å². The van der Waals surface area contributed by atoms with Crippen LogP contribution in [0.5, 0.6) is 0 Å². The molecule has 0 aromatic heterocycles. The van der Waals surface area contributed by atoms with Crippen LogP contribution in [-0.4, -0.2) is 43.2 Å². The van der Waals surface area contributed by atoms with Crippen molar-refractivity contribution in [3.8, 4) is 0 Å². The molecule has 86 valence electrons. The Labute approximate surface area is 85.9 Å². The van der Waals surface area contributed by atoms with Crippen LogP contribution < -0.4 is 5.32 Å². The molecular formula is C9H13F3N2O. The average molecular weight is 222 g/mol. The summed E-state index contributed by atoms with van der Waals surface area (Å²) >= 11 is 0. The van der Waals surface area contributed by atoms with Crippen LogP contribution in [0.3, 0.4) is 0 Å². The van der Waals surface area contributed by atoms with Crippen molar-refractivity contribution in [3.05, 3.63) is 12.7 Å². The van der Waals surface area contributed by atoms with Gasteiger partial charge in [0.25, 0.3) is 0 Å². The molecule has 1 N–H and O–H groups in total. The number of hydrogen-bond acceptors (Lipinski definition) is 2. The minimum atomic E-state index is -4.81. The lowest BCUT2D eigenvalue weighted by Crippen LogP contribution is -2.46. The van der Waals surface area contributed by atoms with Crippen LogP contribution in [0.15, 0.2) is 12.7 Å². The Hall–Kier alpha value is -1.04. The molecule has 1 saturated heterocycles. The molecule has 0 aromatic rings. The molecule has 1 heterocycles. The Morgan fingerprint density at radius 2 is 2.13 bits per heavy atom. The number of likely N-dealkylation sites (tertiary alicyclic amines) is 1. The van der Waals surface area contributed by atoms with E-state index in [4.69, 9.17) is 0 Å². The van der Waals surface area contributed by atoms with E-state index in [0.717, 1.165) is 0 Å². The number of carbonyl (C=O) groups is 1. The number of amides is 1. The van der Waals surface area contributed by atoms with Gasteiger partial charge in [-0.05, 0) is 7.05 Å². The standard InChI is InChI=1S/C9H13F3N2O/c1-3-6-4-14(2)5-7(6)13-8(15)9(10,11)12/h3,6-7H,1,4-5H2,2H3,(H,13,15). The second kappa shape index (κ2) is 4.22. The van der Waals surface area contributed by atoms with E-state index in [2.05, 4.69) is 6.58 Å². The van der Waals surface area contributed by atoms with Gasteiger partial charge in [0.2, 0.25) is 0 Å². The lowest BCUT2D eigenvalue weighted by Gasteiger charge is -2.17. The van der Waals surface area contributed by atoms with E-state index in [-0.39, 0.29) is 5.92 Å². The number of nitrogens with one attached hydrogen (secondary N) is 1. The summed E-state index contributed by atoms with van der Waals surface area (Å²) in [5.41, 5.74) is 0. The molecule has 1 amide bonds. The highest BCUT2D eigenvalue weighted by atomic mass is 19.4. The third kappa shape index (κ3) is 2.95. The number of halogens is 3. The predicted molar refractivity (Wildman–Crippen MR) is 49.2 cm³/mol. The smallest absolute Gasteiger partial charge is 0.344 e. The first-order valence-electron chi connectivity index (χ1n) is 4.53. The van der Waals surface area contributed by atoms with E-state index < -0.39 is 18.1 Å². The molecule has 0 aromatic carbocycles. The Kier molecular flexibility index (Phi) is 3.38. The third-order valence-electron chi connectivity index (χ3n) is 2.42. The van der Waals surface area contributed by atoms with E-state index in [9.17, 15) is 18.0 Å². The summed E-state index contributed by atoms with van der Waals surface area (Å²) in [6.45, 7) is 4.57. The van der Waals surface area contributed by atoms with Crippen LogP contribution in [0, 0.1) is 5.92 Å². The summed E-state index contributed by atoms with van der Waals surface area (Å²) in [4.78, 5) is 12.6. The summed E-state index contributed by atoms with van der Waals surface area (Å²) in [6.07, 6.45) is -3.24. The van der Waals surface area contributed by atoms with Crippen LogP contribution in [0.4, 0.5) is 13.2 Å². The fraction of sp³-hybridized carbons (Fsp3) is 0.667. The van der Waals surface area contributed by atoms with Gasteiger partial charge in [0.15, 0.2) is 0 Å². The van der Waals surface area contributed by atoms with Crippen molar-refractivity contribution in [2.75, 3.05) is 20.1 Å². The predicted octanol–water partition coefficient (Wildman–Crippen LogP) is 0.781. The van der Waals surface area contributed by atoms with Gasteiger partial charge in [-0.25, -0.2) is 0 Å². The van der Waals surface area contributed by atoms with Gasteiger partial charge in [-0.15, -0.1) is 6.58 Å². The van der Waals surface area contributed by atoms with Gasteiger partial charge < -0.3 is 10.2 Å². The maximum Gasteiger partial charge on any atom is 0.471 e. The zero-order valence-corrected chi connectivity index (χ0v) is 8.34. The van der Waals surface area contributed by atoms with E-state index in [1.165, 1.54) is 0 Å². The molecule has 2 unspecified atom stereocenters. The summed E-state index contributed by atoms with van der Waals surface area (Å²) in [6, 6.07) is -0.498. The van der Waals surface area contributed by atoms with Crippen molar-refractivity contribution in [2.24, 2.45) is 5.92 Å². The summed E-state index contributed by atoms with van der Waals surface area (Å²) in [5.74, 6) is -2.00. The Morgan fingerprint density at radius 3 is 2.60 bits per heavy atom. The first kappa shape index (κ1) is 12.0. The quantitative estimate of drug-likeness (QED) is 0.700. The lowest BCUT2D eigenvalue weighted by molar-refractivity contribution is -0.174. The average Bonchev–Trinajstić information content (AvgIpc) is 2.44. The molecule has 0 radical (unpaired) electrons. The summed E-state index contributed by atoms with van der Waals surface area (Å²) in [5, 5.41) is 1.97. The Bertz CT molecular complexity index is 265. The number of alkyl halides is 3. The van der Waals surface area contributed by atoms with Crippen LogP contribution in [-0.2, 0) is 4.79 Å². The van der Waals surface area contributed by atoms with Gasteiger partial charge in [-0.2, -0.15) is 13.2 Å². The molecule has 2 atom stereocenters. The fourth-order valence-corrected chi connectivity index (χ4v) is 1.67. The first-order valence-corrected chi connectivity index (χ1v) is 4.53. The monoisotopic (exact) mass is 222 g/mol. The van der Waals surface area contributed by atoms with Gasteiger partial charge in [-0.3, -0.25) is 4.79 Å². The second-order valence-electron chi connectivity index (χ2n) is 3.70. The molecule has 1 aliphatic rings. The third-order valence-corrected chi connectivity index (χ3v) is 2.42. The minimum absolute atomic E-state index is 0.124. The molecule has 1 aliphatic heterocycles. The molecule has 0 aliphatic carbocycles. The molecule has 15 heavy (non-hydrogen) atoms. The van der Waals surface area contributed by atoms with E-state index >= 15 is 0 Å². The Morgan fingerprint density at radius 1 is 1.53 bits per heavy atom. The highest BCUT2D eigenvalue weighted by Crippen LogP contribution is 2.19. The van der Waals surface area contributed by atoms with E-state index in [1.807, 2.05) is 10.2 Å². The molecule has 1 rings (SSSR count). The number of rotatable bonds is 2. The van der Waals surface area contributed by atoms with Crippen molar-refractivity contribution < 1.29 is 18.0 Å². The zero-order valence-electron chi connectivity index (χ0n) is 8.34. The number of hydrogen-bond donors (Lipinski definition) is 1. The highest BCUT2D eigenvalue weighted by molar-refractivity contribution is 5.82. The Balaban J connectivity index is 2.58. The summed E-state index contributed by atoms with van der Waals surface area (Å²) < 4.78 is 35.9. The molecule has 3 nitrogen and oxygen atoms in total. The molecule has 0 bridgehead atoms. The van der Waals surface area contributed by atoms with Gasteiger partial charge in [0.05, 0.1) is 0 Å². The van der Waals surface area contributed by atoms with Crippen molar-refractivity contribution in [3.63, 3.8) is 0 Å². The van der Waals surface area contributed by atoms with Gasteiger partial charge in [0, 0.05) is 25.0 Å². The van der Waals surface area contributed by atoms with Gasteiger partial charge >= 0.3 is 12.1 Å². The van der Waals surface area contributed by atoms with Crippen LogP contribution in [0.25, 0.3) is 0 Å². The zero-order chi connectivity index (χ0) is 11.6. The largest absolute Gasteiger partial charge is 0.471 e. The fourth-order valence-electron chi connectivity index (χ4n) is 1.67. The maximum absolute atomic E-state index is 12.0. The lowest BCUT2D eigenvalue weighted by atomic mass is 10.0. The molecule has 1 fully saturated rings. The number of likely N-dealkylation sites (N-methyl/N-ethyl adjacent to an activating group) is 1. The normalized spacial score (nSPS) is 27.7. The molecule has 0 saturated carbocycles. The molecule has 0 spiro atoms. The van der Waals surface area contributed by atoms with Crippen LogP contribution in [0.1, 0.15) is 0 Å².